The van der Waals surface area contributed by atoms with Gasteiger partial charge in [0.2, 0.25) is 0 Å². The first-order valence-corrected chi connectivity index (χ1v) is 5.08. The zero-order valence-corrected chi connectivity index (χ0v) is 8.71. The molecule has 1 aliphatic rings. The van der Waals surface area contributed by atoms with Crippen LogP contribution in [0.5, 0.6) is 5.75 Å². The molecule has 1 aromatic rings. The lowest BCUT2D eigenvalue weighted by molar-refractivity contribution is 0.156. The lowest BCUT2D eigenvalue weighted by Crippen LogP contribution is -2.09. The normalized spacial score (nSPS) is 20.4. The lowest BCUT2D eigenvalue weighted by atomic mass is 9.88. The van der Waals surface area contributed by atoms with Gasteiger partial charge < -0.3 is 9.84 Å². The molecule has 1 N–H and O–H groups in total. The van der Waals surface area contributed by atoms with Crippen LogP contribution in [-0.4, -0.2) is 12.2 Å². The summed E-state index contributed by atoms with van der Waals surface area (Å²) in [6, 6.07) is 4.12. The van der Waals surface area contributed by atoms with Crippen LogP contribution >= 0.6 is 0 Å². The molecular weight excluding hydrogens is 176 g/mol. The molecule has 76 valence electrons. The molecule has 0 fully saturated rings. The average Bonchev–Trinajstić information content (AvgIpc) is 2.17. The van der Waals surface area contributed by atoms with Crippen molar-refractivity contribution in [1.29, 1.82) is 0 Å². The second kappa shape index (κ2) is 3.62. The summed E-state index contributed by atoms with van der Waals surface area (Å²) in [5.41, 5.74) is 3.49. The van der Waals surface area contributed by atoms with Crippen LogP contribution in [0.15, 0.2) is 12.1 Å². The predicted octanol–water partition coefficient (Wildman–Crippen LogP) is 2.37. The molecule has 2 heteroatoms. The van der Waals surface area contributed by atoms with Crippen LogP contribution in [0.2, 0.25) is 0 Å². The van der Waals surface area contributed by atoms with Crippen LogP contribution in [0, 0.1) is 6.92 Å². The SMILES string of the molecule is COc1cc2c(cc1C)CCCC2O. The summed E-state index contributed by atoms with van der Waals surface area (Å²) < 4.78 is 5.25. The third-order valence-electron chi connectivity index (χ3n) is 2.94. The molecule has 0 radical (unpaired) electrons. The van der Waals surface area contributed by atoms with Crippen LogP contribution in [0.4, 0.5) is 0 Å². The van der Waals surface area contributed by atoms with Gasteiger partial charge in [-0.05, 0) is 48.9 Å². The van der Waals surface area contributed by atoms with Crippen molar-refractivity contribution in [2.45, 2.75) is 32.3 Å². The van der Waals surface area contributed by atoms with Gasteiger partial charge in [0.05, 0.1) is 13.2 Å². The van der Waals surface area contributed by atoms with Gasteiger partial charge in [-0.25, -0.2) is 0 Å². The fraction of sp³-hybridized carbons (Fsp3) is 0.500. The first-order valence-electron chi connectivity index (χ1n) is 5.08. The van der Waals surface area contributed by atoms with E-state index in [0.29, 0.717) is 0 Å². The van der Waals surface area contributed by atoms with Crippen molar-refractivity contribution >= 4 is 0 Å². The minimum absolute atomic E-state index is 0.298. The Hall–Kier alpha value is -1.02. The van der Waals surface area contributed by atoms with E-state index in [0.717, 1.165) is 36.1 Å². The zero-order chi connectivity index (χ0) is 10.1. The molecule has 0 aliphatic heterocycles. The number of ether oxygens (including phenoxy) is 1. The molecule has 14 heavy (non-hydrogen) atoms. The number of benzene rings is 1. The van der Waals surface area contributed by atoms with E-state index in [1.54, 1.807) is 7.11 Å². The highest BCUT2D eigenvalue weighted by atomic mass is 16.5. The molecule has 0 bridgehead atoms. The van der Waals surface area contributed by atoms with Crippen molar-refractivity contribution in [1.82, 2.24) is 0 Å². The standard InChI is InChI=1S/C12H16O2/c1-8-6-9-4-3-5-11(13)10(9)7-12(8)14-2/h6-7,11,13H,3-5H2,1-2H3. The van der Waals surface area contributed by atoms with E-state index < -0.39 is 0 Å². The topological polar surface area (TPSA) is 29.5 Å². The number of rotatable bonds is 1. The van der Waals surface area contributed by atoms with Crippen LogP contribution < -0.4 is 4.74 Å². The molecule has 2 rings (SSSR count). The van der Waals surface area contributed by atoms with Crippen molar-refractivity contribution in [2.75, 3.05) is 7.11 Å². The molecule has 0 heterocycles. The summed E-state index contributed by atoms with van der Waals surface area (Å²) in [5.74, 6) is 0.879. The summed E-state index contributed by atoms with van der Waals surface area (Å²) in [6.07, 6.45) is 2.74. The highest BCUT2D eigenvalue weighted by Gasteiger charge is 2.19. The Morgan fingerprint density at radius 3 is 2.93 bits per heavy atom. The molecule has 1 unspecified atom stereocenters. The predicted molar refractivity (Wildman–Crippen MR) is 55.6 cm³/mol. The summed E-state index contributed by atoms with van der Waals surface area (Å²) in [6.45, 7) is 2.04. The van der Waals surface area contributed by atoms with Crippen LogP contribution in [0.25, 0.3) is 0 Å². The van der Waals surface area contributed by atoms with Crippen LogP contribution in [-0.2, 0) is 6.42 Å². The maximum Gasteiger partial charge on any atom is 0.122 e. The van der Waals surface area contributed by atoms with Gasteiger partial charge in [-0.15, -0.1) is 0 Å². The molecule has 2 nitrogen and oxygen atoms in total. The fourth-order valence-corrected chi connectivity index (χ4v) is 2.15. The first-order chi connectivity index (χ1) is 6.72. The molecule has 1 aromatic carbocycles. The second-order valence-electron chi connectivity index (χ2n) is 3.93. The summed E-state index contributed by atoms with van der Waals surface area (Å²) in [5, 5.41) is 9.82. The number of methoxy groups -OCH3 is 1. The van der Waals surface area contributed by atoms with Gasteiger partial charge in [0, 0.05) is 0 Å². The third kappa shape index (κ3) is 1.50. The molecule has 0 saturated carbocycles. The fourth-order valence-electron chi connectivity index (χ4n) is 2.15. The molecule has 0 saturated heterocycles. The van der Waals surface area contributed by atoms with Crippen molar-refractivity contribution in [3.63, 3.8) is 0 Å². The van der Waals surface area contributed by atoms with E-state index >= 15 is 0 Å². The maximum atomic E-state index is 9.82. The minimum Gasteiger partial charge on any atom is -0.496 e. The molecule has 1 aliphatic carbocycles. The Morgan fingerprint density at radius 1 is 1.43 bits per heavy atom. The first kappa shape index (κ1) is 9.53. The smallest absolute Gasteiger partial charge is 0.122 e. The van der Waals surface area contributed by atoms with E-state index in [-0.39, 0.29) is 6.10 Å². The number of hydrogen-bond acceptors (Lipinski definition) is 2. The summed E-state index contributed by atoms with van der Waals surface area (Å²) in [7, 11) is 1.67. The summed E-state index contributed by atoms with van der Waals surface area (Å²) >= 11 is 0. The van der Waals surface area contributed by atoms with Gasteiger partial charge in [0.15, 0.2) is 0 Å². The monoisotopic (exact) mass is 192 g/mol. The molecular formula is C12H16O2. The van der Waals surface area contributed by atoms with E-state index in [1.165, 1.54) is 5.56 Å². The van der Waals surface area contributed by atoms with Gasteiger partial charge in [0.25, 0.3) is 0 Å². The Balaban J connectivity index is 2.49. The number of aliphatic hydroxyl groups is 1. The highest BCUT2D eigenvalue weighted by molar-refractivity contribution is 5.44. The van der Waals surface area contributed by atoms with Crippen LogP contribution in [0.3, 0.4) is 0 Å². The molecule has 0 aromatic heterocycles. The van der Waals surface area contributed by atoms with Gasteiger partial charge in [0.1, 0.15) is 5.75 Å². The number of hydrogen-bond donors (Lipinski definition) is 1. The van der Waals surface area contributed by atoms with Crippen molar-refractivity contribution < 1.29 is 9.84 Å². The van der Waals surface area contributed by atoms with E-state index in [9.17, 15) is 5.11 Å². The van der Waals surface area contributed by atoms with Gasteiger partial charge in [-0.2, -0.15) is 0 Å². The Kier molecular flexibility index (Phi) is 2.46. The molecule has 0 amide bonds. The Morgan fingerprint density at radius 2 is 2.21 bits per heavy atom. The molecule has 0 spiro atoms. The van der Waals surface area contributed by atoms with Crippen molar-refractivity contribution in [3.05, 3.63) is 28.8 Å². The van der Waals surface area contributed by atoms with E-state index in [4.69, 9.17) is 4.74 Å². The highest BCUT2D eigenvalue weighted by Crippen LogP contribution is 2.34. The second-order valence-corrected chi connectivity index (χ2v) is 3.93. The Bertz CT molecular complexity index is 344. The molecule has 1 atom stereocenters. The largest absolute Gasteiger partial charge is 0.496 e. The third-order valence-corrected chi connectivity index (χ3v) is 2.94. The lowest BCUT2D eigenvalue weighted by Gasteiger charge is -2.22. The van der Waals surface area contributed by atoms with Gasteiger partial charge in [-0.3, -0.25) is 0 Å². The van der Waals surface area contributed by atoms with Crippen molar-refractivity contribution in [2.24, 2.45) is 0 Å². The van der Waals surface area contributed by atoms with E-state index in [1.807, 2.05) is 13.0 Å². The van der Waals surface area contributed by atoms with Crippen LogP contribution in [0.1, 0.15) is 35.6 Å². The Labute approximate surface area is 84.5 Å². The number of aryl methyl sites for hydroxylation is 2. The minimum atomic E-state index is -0.298. The van der Waals surface area contributed by atoms with Gasteiger partial charge in [-0.1, -0.05) is 6.07 Å². The number of aliphatic hydroxyl groups excluding tert-OH is 1. The van der Waals surface area contributed by atoms with E-state index in [2.05, 4.69) is 6.07 Å². The quantitative estimate of drug-likeness (QED) is 0.740. The summed E-state index contributed by atoms with van der Waals surface area (Å²) in [4.78, 5) is 0. The number of fused-ring (bicyclic) bond motifs is 1. The zero-order valence-electron chi connectivity index (χ0n) is 8.71. The van der Waals surface area contributed by atoms with Gasteiger partial charge >= 0.3 is 0 Å². The van der Waals surface area contributed by atoms with Crippen molar-refractivity contribution in [3.8, 4) is 5.75 Å². The average molecular weight is 192 g/mol. The maximum absolute atomic E-state index is 9.82.